The van der Waals surface area contributed by atoms with Crippen LogP contribution in [-0.2, 0) is 9.59 Å². The van der Waals surface area contributed by atoms with Gasteiger partial charge in [-0.2, -0.15) is 0 Å². The van der Waals surface area contributed by atoms with Crippen molar-refractivity contribution in [1.82, 2.24) is 15.0 Å². The largest absolute Gasteiger partial charge is 0.353 e. The summed E-state index contributed by atoms with van der Waals surface area (Å²) in [6.45, 7) is 11.8. The van der Waals surface area contributed by atoms with Crippen LogP contribution in [-0.4, -0.2) is 38.5 Å². The second-order valence-electron chi connectivity index (χ2n) is 9.14. The molecule has 0 spiro atoms. The maximum atomic E-state index is 10.9. The molecule has 0 aliphatic carbocycles. The standard InChI is InChI=1S/C14H19NOS.C11H15NOS.C6H7NS.3CH4/c1-4-13(7-6-12(3)16)10-17-14-8-5-11(2)9-15-14;1-3-10(7-13)8-14-11-5-4-9(2)6-12-11;1-5-2-3-6(8)7-4-5;;;/h5-9,13H,4,10H2,1-3H3;4-7,10H,3,8H2,1-2H3;2-4H,1H3,(H,7,8);3*1H4/b7-6+;;;;;. The molecule has 0 aliphatic rings. The summed E-state index contributed by atoms with van der Waals surface area (Å²) in [4.78, 5) is 33.0. The minimum Gasteiger partial charge on any atom is -0.353 e. The topological polar surface area (TPSA) is 75.7 Å². The SMILES string of the molecule is C.C.C.CCC(/C=C/C(C)=O)CSc1ccc(C)cn1.CCC(C=O)CSc1ccc(C)cn1.Cc1ccc(=S)[nH]c1. The van der Waals surface area contributed by atoms with E-state index in [9.17, 15) is 9.59 Å². The number of aromatic amines is 1. The molecular formula is C34H53N3O2S3. The van der Waals surface area contributed by atoms with Crippen molar-refractivity contribution in [3.05, 3.63) is 88.5 Å². The van der Waals surface area contributed by atoms with Crippen molar-refractivity contribution in [2.75, 3.05) is 11.5 Å². The molecule has 0 fully saturated rings. The molecule has 8 heteroatoms. The van der Waals surface area contributed by atoms with Crippen molar-refractivity contribution >= 4 is 47.8 Å². The molecule has 0 bridgehead atoms. The van der Waals surface area contributed by atoms with Crippen molar-refractivity contribution in [3.63, 3.8) is 0 Å². The number of carbonyl (C=O) groups excluding carboxylic acids is 2. The van der Waals surface area contributed by atoms with Crippen LogP contribution in [0.5, 0.6) is 0 Å². The van der Waals surface area contributed by atoms with Gasteiger partial charge in [-0.25, -0.2) is 9.97 Å². The number of nitrogens with one attached hydrogen (secondary N) is 1. The van der Waals surface area contributed by atoms with Crippen molar-refractivity contribution in [3.8, 4) is 0 Å². The van der Waals surface area contributed by atoms with Crippen LogP contribution in [0, 0.1) is 37.2 Å². The van der Waals surface area contributed by atoms with E-state index < -0.39 is 0 Å². The van der Waals surface area contributed by atoms with Gasteiger partial charge in [0, 0.05) is 36.0 Å². The van der Waals surface area contributed by atoms with Gasteiger partial charge in [0.2, 0.25) is 0 Å². The zero-order valence-electron chi connectivity index (χ0n) is 23.8. The lowest BCUT2D eigenvalue weighted by molar-refractivity contribution is -0.112. The number of hydrogen-bond donors (Lipinski definition) is 1. The monoisotopic (exact) mass is 631 g/mol. The second-order valence-corrected chi connectivity index (χ2v) is 11.7. The summed E-state index contributed by atoms with van der Waals surface area (Å²) in [7, 11) is 0. The number of thioether (sulfide) groups is 2. The van der Waals surface area contributed by atoms with E-state index in [0.717, 1.165) is 50.9 Å². The fourth-order valence-corrected chi connectivity index (χ4v) is 4.93. The fourth-order valence-electron chi connectivity index (χ4n) is 2.79. The number of pyridine rings is 3. The number of hydrogen-bond acceptors (Lipinski definition) is 7. The Morgan fingerprint density at radius 3 is 1.64 bits per heavy atom. The average molecular weight is 632 g/mol. The Balaban J connectivity index is -0.000000552. The molecule has 3 aromatic rings. The molecular weight excluding hydrogens is 579 g/mol. The molecule has 1 N–H and O–H groups in total. The Labute approximate surface area is 269 Å². The zero-order valence-corrected chi connectivity index (χ0v) is 26.3. The first-order valence-corrected chi connectivity index (χ1v) is 15.4. The summed E-state index contributed by atoms with van der Waals surface area (Å²) in [5, 5.41) is 2.04. The number of ketones is 1. The lowest BCUT2D eigenvalue weighted by Gasteiger charge is -2.08. The number of aromatic nitrogens is 3. The van der Waals surface area contributed by atoms with Gasteiger partial charge in [0.25, 0.3) is 0 Å². The number of H-pyrrole nitrogens is 1. The van der Waals surface area contributed by atoms with Crippen LogP contribution in [0.15, 0.2) is 77.2 Å². The normalized spacial score (nSPS) is 11.1. The van der Waals surface area contributed by atoms with Gasteiger partial charge in [-0.1, -0.05) is 72.6 Å². The molecule has 0 aliphatic heterocycles. The van der Waals surface area contributed by atoms with Crippen molar-refractivity contribution in [2.45, 2.75) is 86.7 Å². The zero-order chi connectivity index (χ0) is 29.0. The quantitative estimate of drug-likeness (QED) is 0.0976. The van der Waals surface area contributed by atoms with Gasteiger partial charge in [-0.05, 0) is 87.4 Å². The highest BCUT2D eigenvalue weighted by Crippen LogP contribution is 2.21. The molecule has 0 saturated carbocycles. The van der Waals surface area contributed by atoms with Crippen molar-refractivity contribution in [2.24, 2.45) is 11.8 Å². The summed E-state index contributed by atoms with van der Waals surface area (Å²) in [6, 6.07) is 12.0. The van der Waals surface area contributed by atoms with Crippen LogP contribution in [0.1, 0.15) is 72.6 Å². The van der Waals surface area contributed by atoms with Gasteiger partial charge in [0.05, 0.1) is 10.1 Å². The molecule has 2 atom stereocenters. The molecule has 5 nitrogen and oxygen atoms in total. The fraction of sp³-hybridized carbons (Fsp3) is 0.441. The van der Waals surface area contributed by atoms with Crippen LogP contribution in [0.3, 0.4) is 0 Å². The summed E-state index contributed by atoms with van der Waals surface area (Å²) in [6.07, 6.45) is 12.3. The van der Waals surface area contributed by atoms with Crippen LogP contribution < -0.4 is 0 Å². The van der Waals surface area contributed by atoms with Crippen LogP contribution >= 0.6 is 35.7 Å². The van der Waals surface area contributed by atoms with E-state index in [1.807, 2.05) is 82.7 Å². The van der Waals surface area contributed by atoms with Crippen LogP contribution in [0.2, 0.25) is 0 Å². The van der Waals surface area contributed by atoms with E-state index in [4.69, 9.17) is 12.2 Å². The van der Waals surface area contributed by atoms with Gasteiger partial charge < -0.3 is 9.78 Å². The molecule has 2 unspecified atom stereocenters. The first kappa shape index (κ1) is 43.9. The number of rotatable bonds is 11. The van der Waals surface area contributed by atoms with Crippen molar-refractivity contribution in [1.29, 1.82) is 0 Å². The third-order valence-corrected chi connectivity index (χ3v) is 7.96. The molecule has 3 aromatic heterocycles. The molecule has 0 radical (unpaired) electrons. The van der Waals surface area contributed by atoms with Crippen LogP contribution in [0.25, 0.3) is 0 Å². The smallest absolute Gasteiger partial charge is 0.152 e. The van der Waals surface area contributed by atoms with Gasteiger partial charge in [0.15, 0.2) is 5.78 Å². The molecule has 234 valence electrons. The number of aldehydes is 1. The maximum absolute atomic E-state index is 10.9. The van der Waals surface area contributed by atoms with Gasteiger partial charge in [-0.3, -0.25) is 4.79 Å². The third kappa shape index (κ3) is 21.2. The predicted molar refractivity (Wildman–Crippen MR) is 189 cm³/mol. The van der Waals surface area contributed by atoms with E-state index in [0.29, 0.717) is 5.92 Å². The summed E-state index contributed by atoms with van der Waals surface area (Å²) in [5.41, 5.74) is 3.55. The molecule has 0 saturated heterocycles. The first-order valence-electron chi connectivity index (χ1n) is 13.1. The first-order chi connectivity index (χ1) is 18.7. The Hall–Kier alpha value is -2.55. The van der Waals surface area contributed by atoms with E-state index in [2.05, 4.69) is 27.9 Å². The number of aryl methyl sites for hydroxylation is 3. The van der Waals surface area contributed by atoms with Crippen LogP contribution in [0.4, 0.5) is 0 Å². The molecule has 3 heterocycles. The predicted octanol–water partition coefficient (Wildman–Crippen LogP) is 10.3. The number of nitrogens with zero attached hydrogens (tertiary/aromatic N) is 2. The minimum absolute atomic E-state index is 0. The maximum Gasteiger partial charge on any atom is 0.152 e. The van der Waals surface area contributed by atoms with E-state index in [-0.39, 0.29) is 34.0 Å². The van der Waals surface area contributed by atoms with Gasteiger partial charge >= 0.3 is 0 Å². The number of allylic oxidation sites excluding steroid dienone is 2. The van der Waals surface area contributed by atoms with E-state index in [1.165, 1.54) is 11.1 Å². The molecule has 0 aromatic carbocycles. The lowest BCUT2D eigenvalue weighted by atomic mass is 10.1. The lowest BCUT2D eigenvalue weighted by Crippen LogP contribution is -2.03. The van der Waals surface area contributed by atoms with Gasteiger partial charge in [-0.15, -0.1) is 23.5 Å². The second kappa shape index (κ2) is 26.1. The highest BCUT2D eigenvalue weighted by atomic mass is 32.2. The Kier molecular flexibility index (Phi) is 27.3. The number of carbonyl (C=O) groups is 2. The Morgan fingerprint density at radius 2 is 1.31 bits per heavy atom. The molecule has 0 amide bonds. The molecule has 42 heavy (non-hydrogen) atoms. The third-order valence-electron chi connectivity index (χ3n) is 5.44. The Bertz CT molecular complexity index is 1170. The van der Waals surface area contributed by atoms with E-state index >= 15 is 0 Å². The average Bonchev–Trinajstić information content (AvgIpc) is 2.93. The summed E-state index contributed by atoms with van der Waals surface area (Å²) < 4.78 is 0.788. The summed E-state index contributed by atoms with van der Waals surface area (Å²) in [5.74, 6) is 2.50. The highest BCUT2D eigenvalue weighted by molar-refractivity contribution is 7.99. The summed E-state index contributed by atoms with van der Waals surface area (Å²) >= 11 is 8.20. The minimum atomic E-state index is 0. The Morgan fingerprint density at radius 1 is 0.833 bits per heavy atom. The van der Waals surface area contributed by atoms with Gasteiger partial charge in [0.1, 0.15) is 10.9 Å². The molecule has 3 rings (SSSR count). The van der Waals surface area contributed by atoms with Crippen molar-refractivity contribution < 1.29 is 9.59 Å². The highest BCUT2D eigenvalue weighted by Gasteiger charge is 2.06. The van der Waals surface area contributed by atoms with E-state index in [1.54, 1.807) is 36.5 Å².